The first-order valence-electron chi connectivity index (χ1n) is 6.90. The van der Waals surface area contributed by atoms with Gasteiger partial charge in [-0.15, -0.1) is 0 Å². The van der Waals surface area contributed by atoms with E-state index < -0.39 is 22.0 Å². The first-order chi connectivity index (χ1) is 10.8. The molecule has 0 bridgehead atoms. The van der Waals surface area contributed by atoms with Gasteiger partial charge in [0.25, 0.3) is 0 Å². The van der Waals surface area contributed by atoms with Gasteiger partial charge in [0.2, 0.25) is 15.9 Å². The van der Waals surface area contributed by atoms with Crippen LogP contribution in [0.25, 0.3) is 0 Å². The Balaban J connectivity index is 2.25. The molecule has 7 heteroatoms. The number of sulfonamides is 1. The summed E-state index contributed by atoms with van der Waals surface area (Å²) >= 11 is 5.80. The highest BCUT2D eigenvalue weighted by Gasteiger charge is 2.28. The van der Waals surface area contributed by atoms with Crippen LogP contribution in [-0.4, -0.2) is 26.6 Å². The number of benzene rings is 2. The van der Waals surface area contributed by atoms with Gasteiger partial charge in [-0.25, -0.2) is 8.42 Å². The molecule has 0 aliphatic rings. The average molecular weight is 353 g/mol. The first-order valence-corrected chi connectivity index (χ1v) is 9.12. The number of carbonyl (C=O) groups is 1. The molecule has 0 aliphatic heterocycles. The summed E-state index contributed by atoms with van der Waals surface area (Å²) in [4.78, 5) is 12.4. The second kappa shape index (κ2) is 7.02. The van der Waals surface area contributed by atoms with Crippen LogP contribution in [0.5, 0.6) is 0 Å². The predicted octanol–water partition coefficient (Wildman–Crippen LogP) is 3.13. The molecule has 5 nitrogen and oxygen atoms in total. The fourth-order valence-corrected chi connectivity index (χ4v) is 3.46. The second-order valence-electron chi connectivity index (χ2n) is 5.07. The SMILES string of the molecule is CC(C(=O)Nc1ccc(Cl)cc1)N(c1ccccc1)S(C)(=O)=O. The predicted molar refractivity (Wildman–Crippen MR) is 93.3 cm³/mol. The van der Waals surface area contributed by atoms with Gasteiger partial charge in [0.05, 0.1) is 11.9 Å². The van der Waals surface area contributed by atoms with Crippen molar-refractivity contribution in [2.24, 2.45) is 0 Å². The lowest BCUT2D eigenvalue weighted by atomic mass is 10.2. The van der Waals surface area contributed by atoms with Gasteiger partial charge in [0.15, 0.2) is 0 Å². The van der Waals surface area contributed by atoms with Crippen LogP contribution in [0.15, 0.2) is 54.6 Å². The quantitative estimate of drug-likeness (QED) is 0.899. The standard InChI is InChI=1S/C16H17ClN2O3S/c1-12(16(20)18-14-10-8-13(17)9-11-14)19(23(2,21)22)15-6-4-3-5-7-15/h3-12H,1-2H3,(H,18,20). The Morgan fingerprint density at radius 3 is 2.17 bits per heavy atom. The monoisotopic (exact) mass is 352 g/mol. The van der Waals surface area contributed by atoms with Crippen LogP contribution in [0.4, 0.5) is 11.4 Å². The highest BCUT2D eigenvalue weighted by Crippen LogP contribution is 2.21. The Morgan fingerprint density at radius 2 is 1.65 bits per heavy atom. The topological polar surface area (TPSA) is 66.5 Å². The molecule has 2 aromatic carbocycles. The second-order valence-corrected chi connectivity index (χ2v) is 7.36. The summed E-state index contributed by atoms with van der Waals surface area (Å²) in [5.74, 6) is -0.429. The third kappa shape index (κ3) is 4.46. The number of para-hydroxylation sites is 1. The van der Waals surface area contributed by atoms with Crippen molar-refractivity contribution in [3.05, 3.63) is 59.6 Å². The molecule has 122 valence electrons. The number of anilines is 2. The van der Waals surface area contributed by atoms with E-state index in [0.29, 0.717) is 16.4 Å². The third-order valence-electron chi connectivity index (χ3n) is 3.21. The van der Waals surface area contributed by atoms with E-state index in [1.807, 2.05) is 0 Å². The number of carbonyl (C=O) groups excluding carboxylic acids is 1. The number of hydrogen-bond acceptors (Lipinski definition) is 3. The Labute approximate surface area is 140 Å². The molecular weight excluding hydrogens is 336 g/mol. The van der Waals surface area contributed by atoms with Crippen LogP contribution in [0.3, 0.4) is 0 Å². The average Bonchev–Trinajstić information content (AvgIpc) is 2.49. The van der Waals surface area contributed by atoms with Gasteiger partial charge >= 0.3 is 0 Å². The number of nitrogens with one attached hydrogen (secondary N) is 1. The van der Waals surface area contributed by atoms with E-state index in [-0.39, 0.29) is 0 Å². The van der Waals surface area contributed by atoms with E-state index in [1.165, 1.54) is 0 Å². The molecule has 2 rings (SSSR count). The van der Waals surface area contributed by atoms with E-state index in [0.717, 1.165) is 10.6 Å². The number of amides is 1. The molecule has 0 heterocycles. The smallest absolute Gasteiger partial charge is 0.247 e. The summed E-state index contributed by atoms with van der Waals surface area (Å²) in [6, 6.07) is 14.2. The van der Waals surface area contributed by atoms with E-state index in [1.54, 1.807) is 61.5 Å². The van der Waals surface area contributed by atoms with Gasteiger partial charge in [-0.3, -0.25) is 9.10 Å². The van der Waals surface area contributed by atoms with Crippen LogP contribution in [0.1, 0.15) is 6.92 Å². The van der Waals surface area contributed by atoms with Crippen molar-refractivity contribution in [2.75, 3.05) is 15.9 Å². The Kier molecular flexibility index (Phi) is 5.28. The zero-order valence-corrected chi connectivity index (χ0v) is 14.3. The van der Waals surface area contributed by atoms with Crippen molar-refractivity contribution < 1.29 is 13.2 Å². The molecule has 0 radical (unpaired) electrons. The van der Waals surface area contributed by atoms with Gasteiger partial charge in [0.1, 0.15) is 6.04 Å². The van der Waals surface area contributed by atoms with Crippen LogP contribution in [0.2, 0.25) is 5.02 Å². The lowest BCUT2D eigenvalue weighted by Gasteiger charge is -2.28. The normalized spacial score (nSPS) is 12.5. The Hall–Kier alpha value is -2.05. The minimum absolute atomic E-state index is 0.429. The first kappa shape index (κ1) is 17.3. The molecule has 0 aliphatic carbocycles. The molecule has 23 heavy (non-hydrogen) atoms. The molecule has 0 saturated carbocycles. The third-order valence-corrected chi connectivity index (χ3v) is 4.70. The highest BCUT2D eigenvalue weighted by atomic mass is 35.5. The minimum atomic E-state index is -3.61. The van der Waals surface area contributed by atoms with Gasteiger partial charge in [-0.2, -0.15) is 0 Å². The van der Waals surface area contributed by atoms with Gasteiger partial charge in [-0.05, 0) is 43.3 Å². The molecule has 0 spiro atoms. The molecule has 1 atom stereocenters. The lowest BCUT2D eigenvalue weighted by Crippen LogP contribution is -2.45. The molecule has 1 N–H and O–H groups in total. The largest absolute Gasteiger partial charge is 0.324 e. The molecule has 2 aromatic rings. The van der Waals surface area contributed by atoms with Crippen molar-refractivity contribution >= 4 is 38.9 Å². The van der Waals surface area contributed by atoms with Gasteiger partial charge in [-0.1, -0.05) is 29.8 Å². The van der Waals surface area contributed by atoms with Gasteiger partial charge in [0, 0.05) is 10.7 Å². The zero-order chi connectivity index (χ0) is 17.0. The number of rotatable bonds is 5. The Morgan fingerprint density at radius 1 is 1.09 bits per heavy atom. The van der Waals surface area contributed by atoms with E-state index in [4.69, 9.17) is 11.6 Å². The number of hydrogen-bond donors (Lipinski definition) is 1. The van der Waals surface area contributed by atoms with E-state index in [9.17, 15) is 13.2 Å². The molecule has 1 amide bonds. The molecule has 0 aromatic heterocycles. The van der Waals surface area contributed by atoms with E-state index in [2.05, 4.69) is 5.32 Å². The van der Waals surface area contributed by atoms with Crippen molar-refractivity contribution in [3.63, 3.8) is 0 Å². The van der Waals surface area contributed by atoms with Crippen molar-refractivity contribution in [2.45, 2.75) is 13.0 Å². The van der Waals surface area contributed by atoms with Crippen molar-refractivity contribution in [3.8, 4) is 0 Å². The zero-order valence-electron chi connectivity index (χ0n) is 12.7. The summed E-state index contributed by atoms with van der Waals surface area (Å²) in [6.45, 7) is 1.54. The summed E-state index contributed by atoms with van der Waals surface area (Å²) in [5, 5.41) is 3.24. The molecule has 0 saturated heterocycles. The van der Waals surface area contributed by atoms with E-state index >= 15 is 0 Å². The minimum Gasteiger partial charge on any atom is -0.324 e. The van der Waals surface area contributed by atoms with Crippen LogP contribution < -0.4 is 9.62 Å². The van der Waals surface area contributed by atoms with Crippen molar-refractivity contribution in [1.29, 1.82) is 0 Å². The summed E-state index contributed by atoms with van der Waals surface area (Å²) in [6.07, 6.45) is 1.08. The maximum Gasteiger partial charge on any atom is 0.247 e. The summed E-state index contributed by atoms with van der Waals surface area (Å²) in [5.41, 5.74) is 0.988. The highest BCUT2D eigenvalue weighted by molar-refractivity contribution is 7.92. The molecule has 1 unspecified atom stereocenters. The number of halogens is 1. The number of nitrogens with zero attached hydrogens (tertiary/aromatic N) is 1. The van der Waals surface area contributed by atoms with Crippen LogP contribution >= 0.6 is 11.6 Å². The maximum absolute atomic E-state index is 12.4. The molecular formula is C16H17ClN2O3S. The fourth-order valence-electron chi connectivity index (χ4n) is 2.16. The maximum atomic E-state index is 12.4. The lowest BCUT2D eigenvalue weighted by molar-refractivity contribution is -0.116. The van der Waals surface area contributed by atoms with Gasteiger partial charge < -0.3 is 5.32 Å². The molecule has 0 fully saturated rings. The van der Waals surface area contributed by atoms with Crippen LogP contribution in [-0.2, 0) is 14.8 Å². The fraction of sp³-hybridized carbons (Fsp3) is 0.188. The summed E-state index contributed by atoms with van der Waals surface area (Å²) in [7, 11) is -3.61. The van der Waals surface area contributed by atoms with Crippen molar-refractivity contribution in [1.82, 2.24) is 0 Å². The van der Waals surface area contributed by atoms with Crippen LogP contribution in [0, 0.1) is 0 Å². The Bertz CT molecular complexity index is 777. The summed E-state index contributed by atoms with van der Waals surface area (Å²) < 4.78 is 25.3.